The first-order valence-corrected chi connectivity index (χ1v) is 8.54. The lowest BCUT2D eigenvalue weighted by molar-refractivity contribution is -0.134. The predicted octanol–water partition coefficient (Wildman–Crippen LogP) is 1.33. The van der Waals surface area contributed by atoms with Crippen LogP contribution in [-0.4, -0.2) is 58.4 Å². The molecule has 132 valence electrons. The molecule has 8 heteroatoms. The Labute approximate surface area is 139 Å². The minimum atomic E-state index is -2.63. The normalized spacial score (nSPS) is 28.2. The van der Waals surface area contributed by atoms with Gasteiger partial charge in [-0.05, 0) is 18.9 Å². The van der Waals surface area contributed by atoms with Crippen molar-refractivity contribution in [3.8, 4) is 0 Å². The van der Waals surface area contributed by atoms with Crippen LogP contribution in [0.5, 0.6) is 0 Å². The molecule has 1 aliphatic carbocycles. The third kappa shape index (κ3) is 3.04. The standard InChI is InChI=1S/C16H22F2N4O2/c17-16(18)7-11(8-16)20-15(23)14-10-21(12-2-5-24-6-3-12)9-13-1-4-19-22(13)14/h1,4,11-12,14H,2-3,5-10H2,(H,20,23)/t14-/m1/s1. The van der Waals surface area contributed by atoms with Gasteiger partial charge in [0, 0.05) is 57.4 Å². The number of nitrogens with zero attached hydrogens (tertiary/aromatic N) is 3. The largest absolute Gasteiger partial charge is 0.381 e. The molecular formula is C16H22F2N4O2. The number of hydrogen-bond donors (Lipinski definition) is 1. The zero-order valence-electron chi connectivity index (χ0n) is 13.5. The number of rotatable bonds is 3. The van der Waals surface area contributed by atoms with Gasteiger partial charge in [0.15, 0.2) is 0 Å². The second-order valence-electron chi connectivity index (χ2n) is 7.03. The average molecular weight is 340 g/mol. The van der Waals surface area contributed by atoms with Crippen molar-refractivity contribution in [1.29, 1.82) is 0 Å². The van der Waals surface area contributed by atoms with E-state index in [1.54, 1.807) is 10.9 Å². The van der Waals surface area contributed by atoms with Crippen LogP contribution in [0.15, 0.2) is 12.3 Å². The Bertz CT molecular complexity index is 607. The Hall–Kier alpha value is -1.54. The monoisotopic (exact) mass is 340 g/mol. The fourth-order valence-electron chi connectivity index (χ4n) is 3.90. The van der Waals surface area contributed by atoms with E-state index in [4.69, 9.17) is 4.74 Å². The number of halogens is 2. The average Bonchev–Trinajstić information content (AvgIpc) is 3.01. The Morgan fingerprint density at radius 2 is 2.08 bits per heavy atom. The summed E-state index contributed by atoms with van der Waals surface area (Å²) in [5, 5.41) is 7.04. The van der Waals surface area contributed by atoms with E-state index in [1.807, 2.05) is 6.07 Å². The maximum absolute atomic E-state index is 13.0. The second-order valence-corrected chi connectivity index (χ2v) is 7.03. The highest BCUT2D eigenvalue weighted by molar-refractivity contribution is 5.81. The molecule has 1 aromatic rings. The highest BCUT2D eigenvalue weighted by atomic mass is 19.3. The molecule has 1 atom stereocenters. The Morgan fingerprint density at radius 1 is 1.33 bits per heavy atom. The van der Waals surface area contributed by atoms with Crippen molar-refractivity contribution >= 4 is 5.91 Å². The number of alkyl halides is 2. The van der Waals surface area contributed by atoms with Gasteiger partial charge in [0.2, 0.25) is 5.91 Å². The number of aromatic nitrogens is 2. The number of hydrogen-bond acceptors (Lipinski definition) is 4. The van der Waals surface area contributed by atoms with E-state index in [2.05, 4.69) is 15.3 Å². The quantitative estimate of drug-likeness (QED) is 0.902. The van der Waals surface area contributed by atoms with Crippen LogP contribution in [-0.2, 0) is 16.1 Å². The molecule has 24 heavy (non-hydrogen) atoms. The van der Waals surface area contributed by atoms with Crippen molar-refractivity contribution in [1.82, 2.24) is 20.0 Å². The van der Waals surface area contributed by atoms with E-state index in [-0.39, 0.29) is 18.7 Å². The van der Waals surface area contributed by atoms with E-state index in [1.165, 1.54) is 0 Å². The van der Waals surface area contributed by atoms with Gasteiger partial charge < -0.3 is 10.1 Å². The van der Waals surface area contributed by atoms with Crippen LogP contribution in [0.25, 0.3) is 0 Å². The van der Waals surface area contributed by atoms with Crippen LogP contribution >= 0.6 is 0 Å². The third-order valence-electron chi connectivity index (χ3n) is 5.27. The molecule has 0 aromatic carbocycles. The molecule has 0 unspecified atom stereocenters. The molecule has 1 saturated heterocycles. The maximum Gasteiger partial charge on any atom is 0.252 e. The molecule has 3 aliphatic rings. The Kier molecular flexibility index (Phi) is 4.04. The van der Waals surface area contributed by atoms with E-state index in [0.717, 1.165) is 38.3 Å². The van der Waals surface area contributed by atoms with E-state index in [9.17, 15) is 13.6 Å². The van der Waals surface area contributed by atoms with Crippen LogP contribution in [0.2, 0.25) is 0 Å². The van der Waals surface area contributed by atoms with Gasteiger partial charge in [-0.3, -0.25) is 14.4 Å². The summed E-state index contributed by atoms with van der Waals surface area (Å²) in [5.74, 6) is -2.84. The smallest absolute Gasteiger partial charge is 0.252 e. The van der Waals surface area contributed by atoms with Crippen molar-refractivity contribution < 1.29 is 18.3 Å². The highest BCUT2D eigenvalue weighted by Crippen LogP contribution is 2.37. The van der Waals surface area contributed by atoms with Crippen molar-refractivity contribution in [3.63, 3.8) is 0 Å². The first-order chi connectivity index (χ1) is 11.5. The first kappa shape index (κ1) is 16.0. The van der Waals surface area contributed by atoms with E-state index < -0.39 is 18.0 Å². The molecule has 0 radical (unpaired) electrons. The second kappa shape index (κ2) is 6.07. The van der Waals surface area contributed by atoms with Gasteiger partial charge in [-0.2, -0.15) is 5.10 Å². The molecule has 4 rings (SSSR count). The molecule has 0 spiro atoms. The molecule has 2 fully saturated rings. The molecular weight excluding hydrogens is 318 g/mol. The van der Waals surface area contributed by atoms with Gasteiger partial charge in [0.25, 0.3) is 5.92 Å². The molecule has 6 nitrogen and oxygen atoms in total. The summed E-state index contributed by atoms with van der Waals surface area (Å²) in [4.78, 5) is 14.9. The number of ether oxygens (including phenoxy) is 1. The minimum absolute atomic E-state index is 0.211. The van der Waals surface area contributed by atoms with Gasteiger partial charge in [-0.15, -0.1) is 0 Å². The summed E-state index contributed by atoms with van der Waals surface area (Å²) < 4.78 is 33.1. The molecule has 1 aromatic heterocycles. The Morgan fingerprint density at radius 3 is 2.79 bits per heavy atom. The van der Waals surface area contributed by atoms with Crippen LogP contribution in [0, 0.1) is 0 Å². The van der Waals surface area contributed by atoms with Crippen molar-refractivity contribution in [2.75, 3.05) is 19.8 Å². The topological polar surface area (TPSA) is 59.4 Å². The first-order valence-electron chi connectivity index (χ1n) is 8.54. The van der Waals surface area contributed by atoms with Crippen molar-refractivity contribution in [2.45, 2.75) is 56.3 Å². The lowest BCUT2D eigenvalue weighted by atomic mass is 9.88. The number of carbonyl (C=O) groups is 1. The number of carbonyl (C=O) groups excluding carboxylic acids is 1. The summed E-state index contributed by atoms with van der Waals surface area (Å²) in [7, 11) is 0. The van der Waals surface area contributed by atoms with E-state index >= 15 is 0 Å². The third-order valence-corrected chi connectivity index (χ3v) is 5.27. The number of fused-ring (bicyclic) bond motifs is 1. The highest BCUT2D eigenvalue weighted by Gasteiger charge is 2.47. The molecule has 1 amide bonds. The minimum Gasteiger partial charge on any atom is -0.381 e. The zero-order chi connectivity index (χ0) is 16.7. The van der Waals surface area contributed by atoms with Gasteiger partial charge >= 0.3 is 0 Å². The van der Waals surface area contributed by atoms with Gasteiger partial charge in [-0.1, -0.05) is 0 Å². The summed E-state index contributed by atoms with van der Waals surface area (Å²) in [6.07, 6.45) is 3.08. The fourth-order valence-corrected chi connectivity index (χ4v) is 3.90. The molecule has 3 heterocycles. The zero-order valence-corrected chi connectivity index (χ0v) is 13.5. The number of nitrogens with one attached hydrogen (secondary N) is 1. The lowest BCUT2D eigenvalue weighted by Crippen LogP contribution is -2.55. The Balaban J connectivity index is 1.46. The van der Waals surface area contributed by atoms with E-state index in [0.29, 0.717) is 12.6 Å². The molecule has 1 saturated carbocycles. The fraction of sp³-hybridized carbons (Fsp3) is 0.750. The maximum atomic E-state index is 13.0. The SMILES string of the molecule is O=C(NC1CC(F)(F)C1)[C@H]1CN(C2CCOCC2)Cc2ccnn21. The predicted molar refractivity (Wildman–Crippen MR) is 81.6 cm³/mol. The molecule has 0 bridgehead atoms. The van der Waals surface area contributed by atoms with Crippen LogP contribution in [0.3, 0.4) is 0 Å². The summed E-state index contributed by atoms with van der Waals surface area (Å²) >= 11 is 0. The van der Waals surface area contributed by atoms with Crippen molar-refractivity contribution in [3.05, 3.63) is 18.0 Å². The van der Waals surface area contributed by atoms with Crippen LogP contribution < -0.4 is 5.32 Å². The summed E-state index contributed by atoms with van der Waals surface area (Å²) in [5.41, 5.74) is 0.992. The van der Waals surface area contributed by atoms with Gasteiger partial charge in [0.05, 0.1) is 5.69 Å². The molecule has 1 N–H and O–H groups in total. The number of amides is 1. The lowest BCUT2D eigenvalue weighted by Gasteiger charge is -2.41. The van der Waals surface area contributed by atoms with Crippen LogP contribution in [0.4, 0.5) is 8.78 Å². The summed E-state index contributed by atoms with van der Waals surface area (Å²) in [6.45, 7) is 2.81. The van der Waals surface area contributed by atoms with Gasteiger partial charge in [0.1, 0.15) is 6.04 Å². The van der Waals surface area contributed by atoms with Crippen LogP contribution in [0.1, 0.15) is 37.4 Å². The molecule has 2 aliphatic heterocycles. The summed E-state index contributed by atoms with van der Waals surface area (Å²) in [6, 6.07) is 1.43. The van der Waals surface area contributed by atoms with Crippen molar-refractivity contribution in [2.24, 2.45) is 0 Å². The van der Waals surface area contributed by atoms with Gasteiger partial charge in [-0.25, -0.2) is 8.78 Å².